The van der Waals surface area contributed by atoms with E-state index >= 15 is 0 Å². The molecule has 36 heavy (non-hydrogen) atoms. The van der Waals surface area contributed by atoms with Crippen LogP contribution in [0.4, 0.5) is 0 Å². The summed E-state index contributed by atoms with van der Waals surface area (Å²) in [5.74, 6) is -0.558. The molecular weight excluding hydrogens is 474 g/mol. The second-order valence-electron chi connectivity index (χ2n) is 8.28. The average Bonchev–Trinajstić information content (AvgIpc) is 3.36. The summed E-state index contributed by atoms with van der Waals surface area (Å²) in [6.45, 7) is 0.432. The van der Waals surface area contributed by atoms with Gasteiger partial charge >= 0.3 is 5.97 Å². The molecule has 1 amide bonds. The smallest absolute Gasteiger partial charge is 0.326 e. The van der Waals surface area contributed by atoms with Gasteiger partial charge in [0, 0.05) is 22.7 Å². The van der Waals surface area contributed by atoms with Crippen molar-refractivity contribution in [3.8, 4) is 0 Å². The number of amides is 1. The number of thiazole rings is 1. The summed E-state index contributed by atoms with van der Waals surface area (Å²) in [5.41, 5.74) is 2.91. The van der Waals surface area contributed by atoms with Crippen LogP contribution in [-0.4, -0.2) is 21.4 Å². The number of esters is 1. The van der Waals surface area contributed by atoms with Gasteiger partial charge in [0.2, 0.25) is 5.91 Å². The van der Waals surface area contributed by atoms with Gasteiger partial charge in [0.05, 0.1) is 23.1 Å². The van der Waals surface area contributed by atoms with Crippen molar-refractivity contribution in [1.29, 1.82) is 0 Å². The van der Waals surface area contributed by atoms with Crippen molar-refractivity contribution in [2.24, 2.45) is 0 Å². The standard InChI is InChI=1S/C28H23N3O4S/c32-25(29-15-19-8-2-1-3-9-19)14-26-30-20(18-36-26)17-35-27(33)16-31-23-12-6-4-10-21(23)28(34)22-11-5-7-13-24(22)31/h1-13,18H,14-17H2,(H,29,32). The summed E-state index contributed by atoms with van der Waals surface area (Å²) < 4.78 is 7.29. The topological polar surface area (TPSA) is 90.3 Å². The van der Waals surface area contributed by atoms with E-state index in [-0.39, 0.29) is 30.9 Å². The van der Waals surface area contributed by atoms with E-state index < -0.39 is 5.97 Å². The van der Waals surface area contributed by atoms with Gasteiger partial charge in [0.15, 0.2) is 5.43 Å². The van der Waals surface area contributed by atoms with Crippen molar-refractivity contribution in [2.45, 2.75) is 26.1 Å². The maximum absolute atomic E-state index is 12.9. The number of pyridine rings is 1. The molecule has 0 aliphatic heterocycles. The minimum absolute atomic E-state index is 0.0109. The first-order chi connectivity index (χ1) is 17.6. The van der Waals surface area contributed by atoms with Gasteiger partial charge in [0.1, 0.15) is 18.2 Å². The fourth-order valence-corrected chi connectivity index (χ4v) is 4.85. The highest BCUT2D eigenvalue weighted by Gasteiger charge is 2.15. The monoisotopic (exact) mass is 497 g/mol. The maximum Gasteiger partial charge on any atom is 0.326 e. The molecule has 180 valence electrons. The van der Waals surface area contributed by atoms with E-state index in [1.165, 1.54) is 11.3 Å². The minimum Gasteiger partial charge on any atom is -0.458 e. The molecule has 0 atom stereocenters. The molecule has 0 aliphatic carbocycles. The third kappa shape index (κ3) is 5.18. The molecule has 0 spiro atoms. The van der Waals surface area contributed by atoms with Gasteiger partial charge in [-0.05, 0) is 29.8 Å². The van der Waals surface area contributed by atoms with Crippen LogP contribution in [0, 0.1) is 0 Å². The Morgan fingerprint density at radius 2 is 1.53 bits per heavy atom. The Morgan fingerprint density at radius 1 is 0.889 bits per heavy atom. The van der Waals surface area contributed by atoms with E-state index in [1.807, 2.05) is 66.7 Å². The average molecular weight is 498 g/mol. The second-order valence-corrected chi connectivity index (χ2v) is 9.22. The highest BCUT2D eigenvalue weighted by molar-refractivity contribution is 7.09. The number of hydrogen-bond donors (Lipinski definition) is 1. The number of carbonyl (C=O) groups excluding carboxylic acids is 2. The number of carbonyl (C=O) groups is 2. The lowest BCUT2D eigenvalue weighted by molar-refractivity contribution is -0.145. The normalized spacial score (nSPS) is 11.0. The molecule has 5 aromatic rings. The summed E-state index contributed by atoms with van der Waals surface area (Å²) in [4.78, 5) is 42.3. The van der Waals surface area contributed by atoms with Crippen LogP contribution < -0.4 is 10.7 Å². The lowest BCUT2D eigenvalue weighted by Crippen LogP contribution is -2.24. The zero-order chi connectivity index (χ0) is 24.9. The van der Waals surface area contributed by atoms with E-state index in [4.69, 9.17) is 4.74 Å². The van der Waals surface area contributed by atoms with Crippen LogP contribution in [0.3, 0.4) is 0 Å². The van der Waals surface area contributed by atoms with Gasteiger partial charge in [-0.25, -0.2) is 4.98 Å². The van der Waals surface area contributed by atoms with E-state index in [2.05, 4.69) is 10.3 Å². The Hall–Kier alpha value is -4.30. The van der Waals surface area contributed by atoms with Crippen molar-refractivity contribution < 1.29 is 14.3 Å². The molecule has 0 saturated carbocycles. The minimum atomic E-state index is -0.441. The number of ether oxygens (including phenoxy) is 1. The van der Waals surface area contributed by atoms with Gasteiger partial charge in [-0.15, -0.1) is 11.3 Å². The molecular formula is C28H23N3O4S. The second kappa shape index (κ2) is 10.5. The summed E-state index contributed by atoms with van der Waals surface area (Å²) >= 11 is 1.36. The first kappa shape index (κ1) is 23.4. The highest BCUT2D eigenvalue weighted by Crippen LogP contribution is 2.19. The number of benzene rings is 3. The molecule has 0 unspecified atom stereocenters. The Bertz CT molecular complexity index is 1550. The molecule has 2 aromatic heterocycles. The molecule has 0 radical (unpaired) electrons. The Kier molecular flexibility index (Phi) is 6.86. The number of hydrogen-bond acceptors (Lipinski definition) is 6. The lowest BCUT2D eigenvalue weighted by Gasteiger charge is -2.14. The number of para-hydroxylation sites is 2. The third-order valence-electron chi connectivity index (χ3n) is 5.79. The van der Waals surface area contributed by atoms with Gasteiger partial charge in [-0.1, -0.05) is 54.6 Å². The predicted molar refractivity (Wildman–Crippen MR) is 140 cm³/mol. The summed E-state index contributed by atoms with van der Waals surface area (Å²) in [5, 5.41) is 6.44. The molecule has 5 rings (SSSR count). The largest absolute Gasteiger partial charge is 0.458 e. The number of nitrogens with zero attached hydrogens (tertiary/aromatic N) is 2. The van der Waals surface area contributed by atoms with E-state index in [1.54, 1.807) is 22.1 Å². The van der Waals surface area contributed by atoms with Gasteiger partial charge < -0.3 is 14.6 Å². The Labute approximate surface area is 211 Å². The van der Waals surface area contributed by atoms with Crippen LogP contribution >= 0.6 is 11.3 Å². The third-order valence-corrected chi connectivity index (χ3v) is 6.69. The zero-order valence-corrected chi connectivity index (χ0v) is 20.2. The van der Waals surface area contributed by atoms with Crippen molar-refractivity contribution in [3.63, 3.8) is 0 Å². The quantitative estimate of drug-likeness (QED) is 0.256. The molecule has 0 bridgehead atoms. The number of fused-ring (bicyclic) bond motifs is 2. The van der Waals surface area contributed by atoms with Crippen LogP contribution in [0.2, 0.25) is 0 Å². The lowest BCUT2D eigenvalue weighted by atomic mass is 10.1. The fourth-order valence-electron chi connectivity index (χ4n) is 4.07. The number of aromatic nitrogens is 2. The van der Waals surface area contributed by atoms with Crippen molar-refractivity contribution in [1.82, 2.24) is 14.9 Å². The van der Waals surface area contributed by atoms with Crippen LogP contribution in [-0.2, 0) is 40.4 Å². The van der Waals surface area contributed by atoms with Crippen LogP contribution in [0.25, 0.3) is 21.8 Å². The SMILES string of the molecule is O=C(Cc1nc(COC(=O)Cn2c3ccccc3c(=O)c3ccccc32)cs1)NCc1ccccc1. The van der Waals surface area contributed by atoms with E-state index in [0.29, 0.717) is 39.1 Å². The predicted octanol–water partition coefficient (Wildman–Crippen LogP) is 4.21. The summed E-state index contributed by atoms with van der Waals surface area (Å²) in [6.07, 6.45) is 0.167. The summed E-state index contributed by atoms with van der Waals surface area (Å²) in [6, 6.07) is 24.2. The summed E-state index contributed by atoms with van der Waals surface area (Å²) in [7, 11) is 0. The van der Waals surface area contributed by atoms with E-state index in [0.717, 1.165) is 5.56 Å². The molecule has 0 saturated heterocycles. The van der Waals surface area contributed by atoms with Gasteiger partial charge in [-0.2, -0.15) is 0 Å². The van der Waals surface area contributed by atoms with E-state index in [9.17, 15) is 14.4 Å². The molecule has 0 aliphatic rings. The van der Waals surface area contributed by atoms with Crippen molar-refractivity contribution >= 4 is 45.0 Å². The molecule has 0 fully saturated rings. The molecule has 2 heterocycles. The van der Waals surface area contributed by atoms with Gasteiger partial charge in [-0.3, -0.25) is 14.4 Å². The fraction of sp³-hybridized carbons (Fsp3) is 0.143. The van der Waals surface area contributed by atoms with Crippen molar-refractivity contribution in [3.05, 3.63) is 111 Å². The Balaban J connectivity index is 1.22. The molecule has 3 aromatic carbocycles. The van der Waals surface area contributed by atoms with Crippen LogP contribution in [0.1, 0.15) is 16.3 Å². The number of nitrogens with one attached hydrogen (secondary N) is 1. The van der Waals surface area contributed by atoms with Crippen LogP contribution in [0.15, 0.2) is 89.0 Å². The Morgan fingerprint density at radius 3 is 2.22 bits per heavy atom. The molecule has 7 nitrogen and oxygen atoms in total. The molecule has 8 heteroatoms. The van der Waals surface area contributed by atoms with Crippen molar-refractivity contribution in [2.75, 3.05) is 0 Å². The first-order valence-corrected chi connectivity index (χ1v) is 12.4. The maximum atomic E-state index is 12.9. The van der Waals surface area contributed by atoms with Gasteiger partial charge in [0.25, 0.3) is 0 Å². The molecule has 1 N–H and O–H groups in total. The number of rotatable bonds is 8. The van der Waals surface area contributed by atoms with Crippen LogP contribution in [0.5, 0.6) is 0 Å². The zero-order valence-electron chi connectivity index (χ0n) is 19.3. The first-order valence-electron chi connectivity index (χ1n) is 11.5. The highest BCUT2D eigenvalue weighted by atomic mass is 32.1.